The molecule has 1 aliphatic rings. The van der Waals surface area contributed by atoms with E-state index in [-0.39, 0.29) is 0 Å². The maximum Gasteiger partial charge on any atom is 0.136 e. The summed E-state index contributed by atoms with van der Waals surface area (Å²) >= 11 is 0. The molecule has 4 heteroatoms. The summed E-state index contributed by atoms with van der Waals surface area (Å²) in [7, 11) is 1.58. The van der Waals surface area contributed by atoms with Crippen molar-refractivity contribution >= 4 is 0 Å². The second-order valence-electron chi connectivity index (χ2n) is 4.94. The van der Waals surface area contributed by atoms with Gasteiger partial charge in [0.05, 0.1) is 19.3 Å². The molecule has 0 spiro atoms. The fourth-order valence-corrected chi connectivity index (χ4v) is 2.35. The van der Waals surface area contributed by atoms with Crippen molar-refractivity contribution in [2.24, 2.45) is 5.92 Å². The summed E-state index contributed by atoms with van der Waals surface area (Å²) in [5.74, 6) is 1.22. The van der Waals surface area contributed by atoms with E-state index in [1.54, 1.807) is 7.11 Å². The Morgan fingerprint density at radius 3 is 3.05 bits per heavy atom. The van der Waals surface area contributed by atoms with Crippen LogP contribution >= 0.6 is 0 Å². The first-order chi connectivity index (χ1) is 9.24. The molecule has 1 aromatic carbocycles. The van der Waals surface area contributed by atoms with Crippen molar-refractivity contribution in [3.63, 3.8) is 0 Å². The number of hydrogen-bond donors (Lipinski definition) is 1. The van der Waals surface area contributed by atoms with Crippen LogP contribution in [0.3, 0.4) is 0 Å². The average molecular weight is 260 g/mol. The highest BCUT2D eigenvalue weighted by atomic mass is 16.5. The summed E-state index contributed by atoms with van der Waals surface area (Å²) in [6.07, 6.45) is 1.13. The zero-order chi connectivity index (χ0) is 13.7. The van der Waals surface area contributed by atoms with Crippen LogP contribution in [0.25, 0.3) is 0 Å². The molecule has 1 saturated heterocycles. The van der Waals surface area contributed by atoms with Crippen LogP contribution in [0, 0.1) is 17.2 Å². The molecule has 0 bridgehead atoms. The van der Waals surface area contributed by atoms with Gasteiger partial charge < -0.3 is 14.8 Å². The van der Waals surface area contributed by atoms with E-state index in [2.05, 4.69) is 18.3 Å². The zero-order valence-electron chi connectivity index (χ0n) is 11.5. The van der Waals surface area contributed by atoms with Crippen molar-refractivity contribution in [1.82, 2.24) is 5.32 Å². The molecule has 1 fully saturated rings. The summed E-state index contributed by atoms with van der Waals surface area (Å²) in [5, 5.41) is 12.6. The van der Waals surface area contributed by atoms with Crippen LogP contribution in [-0.2, 0) is 11.3 Å². The standard InChI is InChI=1S/C15H20N2O2/c1-11(13-5-6-19-10-13)17-9-12-3-4-15(18-2)14(7-12)8-16/h3-4,7,11,13,17H,5-6,9-10H2,1-2H3. The third-order valence-corrected chi connectivity index (χ3v) is 3.68. The molecule has 1 aliphatic heterocycles. The van der Waals surface area contributed by atoms with Gasteiger partial charge in [0.25, 0.3) is 0 Å². The predicted molar refractivity (Wildman–Crippen MR) is 72.9 cm³/mol. The van der Waals surface area contributed by atoms with Crippen molar-refractivity contribution in [2.45, 2.75) is 25.9 Å². The fraction of sp³-hybridized carbons (Fsp3) is 0.533. The van der Waals surface area contributed by atoms with Crippen molar-refractivity contribution in [1.29, 1.82) is 5.26 Å². The molecular formula is C15H20N2O2. The number of nitrogens with zero attached hydrogens (tertiary/aromatic N) is 1. The lowest BCUT2D eigenvalue weighted by Crippen LogP contribution is -2.33. The molecule has 1 heterocycles. The van der Waals surface area contributed by atoms with Crippen molar-refractivity contribution in [3.8, 4) is 11.8 Å². The lowest BCUT2D eigenvalue weighted by Gasteiger charge is -2.19. The van der Waals surface area contributed by atoms with E-state index in [0.717, 1.165) is 31.7 Å². The molecule has 0 radical (unpaired) electrons. The van der Waals surface area contributed by atoms with Crippen LogP contribution in [-0.4, -0.2) is 26.4 Å². The van der Waals surface area contributed by atoms with Gasteiger partial charge >= 0.3 is 0 Å². The first-order valence-electron chi connectivity index (χ1n) is 6.62. The number of nitriles is 1. The zero-order valence-corrected chi connectivity index (χ0v) is 11.5. The number of nitrogens with one attached hydrogen (secondary N) is 1. The SMILES string of the molecule is COc1ccc(CNC(C)C2CCOC2)cc1C#N. The molecule has 0 saturated carbocycles. The lowest BCUT2D eigenvalue weighted by atomic mass is 10.0. The molecule has 1 aromatic rings. The number of methoxy groups -OCH3 is 1. The van der Waals surface area contributed by atoms with Crippen molar-refractivity contribution < 1.29 is 9.47 Å². The Hall–Kier alpha value is -1.57. The minimum absolute atomic E-state index is 0.426. The van der Waals surface area contributed by atoms with Crippen LogP contribution in [0.15, 0.2) is 18.2 Å². The normalized spacial score (nSPS) is 19.9. The van der Waals surface area contributed by atoms with E-state index in [1.165, 1.54) is 0 Å². The Labute approximate surface area is 114 Å². The summed E-state index contributed by atoms with van der Waals surface area (Å²) in [4.78, 5) is 0. The second-order valence-corrected chi connectivity index (χ2v) is 4.94. The maximum atomic E-state index is 9.06. The highest BCUT2D eigenvalue weighted by Gasteiger charge is 2.21. The van der Waals surface area contributed by atoms with Gasteiger partial charge in [0, 0.05) is 19.2 Å². The van der Waals surface area contributed by atoms with Gasteiger partial charge in [-0.3, -0.25) is 0 Å². The molecular weight excluding hydrogens is 240 g/mol. The van der Waals surface area contributed by atoms with Gasteiger partial charge in [0.15, 0.2) is 0 Å². The van der Waals surface area contributed by atoms with E-state index in [9.17, 15) is 0 Å². The summed E-state index contributed by atoms with van der Waals surface area (Å²) < 4.78 is 10.5. The molecule has 0 amide bonds. The molecule has 2 atom stereocenters. The smallest absolute Gasteiger partial charge is 0.136 e. The summed E-state index contributed by atoms with van der Waals surface area (Å²) in [6, 6.07) is 8.30. The molecule has 19 heavy (non-hydrogen) atoms. The Morgan fingerprint density at radius 1 is 1.58 bits per heavy atom. The van der Waals surface area contributed by atoms with Gasteiger partial charge in [-0.05, 0) is 37.0 Å². The molecule has 102 valence electrons. The minimum Gasteiger partial charge on any atom is -0.495 e. The predicted octanol–water partition coefficient (Wildman–Crippen LogP) is 2.08. The molecule has 0 aliphatic carbocycles. The van der Waals surface area contributed by atoms with Crippen LogP contribution in [0.5, 0.6) is 5.75 Å². The Kier molecular flexibility index (Phi) is 4.78. The average Bonchev–Trinajstić information content (AvgIpc) is 2.98. The highest BCUT2D eigenvalue weighted by molar-refractivity contribution is 5.45. The molecule has 0 aromatic heterocycles. The van der Waals surface area contributed by atoms with E-state index < -0.39 is 0 Å². The van der Waals surface area contributed by atoms with Gasteiger partial charge in [0.2, 0.25) is 0 Å². The van der Waals surface area contributed by atoms with Gasteiger partial charge in [-0.25, -0.2) is 0 Å². The van der Waals surface area contributed by atoms with Gasteiger partial charge in [0.1, 0.15) is 11.8 Å². The van der Waals surface area contributed by atoms with E-state index >= 15 is 0 Å². The first-order valence-corrected chi connectivity index (χ1v) is 6.62. The molecule has 4 nitrogen and oxygen atoms in total. The minimum atomic E-state index is 0.426. The summed E-state index contributed by atoms with van der Waals surface area (Å²) in [5.41, 5.74) is 1.68. The number of benzene rings is 1. The lowest BCUT2D eigenvalue weighted by molar-refractivity contribution is 0.178. The first kappa shape index (κ1) is 13.9. The van der Waals surface area contributed by atoms with E-state index in [1.807, 2.05) is 18.2 Å². The monoisotopic (exact) mass is 260 g/mol. The number of ether oxygens (including phenoxy) is 2. The quantitative estimate of drug-likeness (QED) is 0.880. The van der Waals surface area contributed by atoms with Gasteiger partial charge in [-0.1, -0.05) is 6.07 Å². The van der Waals surface area contributed by atoms with Crippen molar-refractivity contribution in [2.75, 3.05) is 20.3 Å². The van der Waals surface area contributed by atoms with E-state index in [4.69, 9.17) is 14.7 Å². The molecule has 2 unspecified atom stereocenters. The third-order valence-electron chi connectivity index (χ3n) is 3.68. The van der Waals surface area contributed by atoms with Gasteiger partial charge in [-0.15, -0.1) is 0 Å². The largest absolute Gasteiger partial charge is 0.495 e. The second kappa shape index (κ2) is 6.55. The Morgan fingerprint density at radius 2 is 2.42 bits per heavy atom. The molecule has 2 rings (SSSR count). The third kappa shape index (κ3) is 3.46. The Bertz CT molecular complexity index is 462. The fourth-order valence-electron chi connectivity index (χ4n) is 2.35. The molecule has 1 N–H and O–H groups in total. The van der Waals surface area contributed by atoms with Crippen LogP contribution < -0.4 is 10.1 Å². The van der Waals surface area contributed by atoms with Crippen LogP contribution in [0.4, 0.5) is 0 Å². The van der Waals surface area contributed by atoms with Gasteiger partial charge in [-0.2, -0.15) is 5.26 Å². The highest BCUT2D eigenvalue weighted by Crippen LogP contribution is 2.20. The number of rotatable bonds is 5. The van der Waals surface area contributed by atoms with Crippen LogP contribution in [0.1, 0.15) is 24.5 Å². The van der Waals surface area contributed by atoms with Crippen molar-refractivity contribution in [3.05, 3.63) is 29.3 Å². The van der Waals surface area contributed by atoms with E-state index in [0.29, 0.717) is 23.3 Å². The Balaban J connectivity index is 1.94. The van der Waals surface area contributed by atoms with Crippen LogP contribution in [0.2, 0.25) is 0 Å². The number of hydrogen-bond acceptors (Lipinski definition) is 4. The maximum absolute atomic E-state index is 9.06. The topological polar surface area (TPSA) is 54.3 Å². The summed E-state index contributed by atoms with van der Waals surface area (Å²) in [6.45, 7) is 4.67.